The van der Waals surface area contributed by atoms with Gasteiger partial charge in [0.2, 0.25) is 0 Å². The third kappa shape index (κ3) is 4.00. The average molecular weight is 447 g/mol. The van der Waals surface area contributed by atoms with Gasteiger partial charge in [-0.25, -0.2) is 0 Å². The van der Waals surface area contributed by atoms with Gasteiger partial charge in [-0.15, -0.1) is 0 Å². The molecule has 1 amide bonds. The molecule has 2 aromatic heterocycles. The van der Waals surface area contributed by atoms with Crippen molar-refractivity contribution < 1.29 is 19.1 Å². The molecule has 0 fully saturated rings. The number of carbonyl (C=O) groups excluding carboxylic acids is 3. The van der Waals surface area contributed by atoms with Gasteiger partial charge in [0.25, 0.3) is 11.7 Å². The van der Waals surface area contributed by atoms with Gasteiger partial charge in [-0.3, -0.25) is 14.4 Å². The van der Waals surface area contributed by atoms with Crippen molar-refractivity contribution in [3.05, 3.63) is 89.2 Å². The molecule has 0 spiro atoms. The van der Waals surface area contributed by atoms with Gasteiger partial charge in [0, 0.05) is 28.5 Å². The maximum atomic E-state index is 13.3. The van der Waals surface area contributed by atoms with Crippen LogP contribution in [-0.4, -0.2) is 29.0 Å². The molecule has 4 rings (SSSR count). The van der Waals surface area contributed by atoms with Crippen molar-refractivity contribution in [3.63, 3.8) is 0 Å². The number of anilines is 1. The number of nitrogens with zero attached hydrogens (tertiary/aromatic N) is 1. The van der Waals surface area contributed by atoms with E-state index in [1.165, 1.54) is 20.1 Å². The minimum atomic E-state index is -0.810. The van der Waals surface area contributed by atoms with Crippen LogP contribution in [0.4, 0.5) is 5.69 Å². The zero-order valence-electron chi connectivity index (χ0n) is 17.4. The summed E-state index contributed by atoms with van der Waals surface area (Å²) in [7, 11) is 1.52. The van der Waals surface area contributed by atoms with Crippen LogP contribution in [-0.2, 0) is 4.79 Å². The van der Waals surface area contributed by atoms with Crippen molar-refractivity contribution in [2.75, 3.05) is 12.4 Å². The van der Waals surface area contributed by atoms with Gasteiger partial charge in [-0.1, -0.05) is 35.9 Å². The predicted molar refractivity (Wildman–Crippen MR) is 124 cm³/mol. The maximum Gasteiger partial charge on any atom is 0.298 e. The van der Waals surface area contributed by atoms with Crippen molar-refractivity contribution >= 4 is 40.3 Å². The van der Waals surface area contributed by atoms with Gasteiger partial charge in [-0.2, -0.15) is 0 Å². The van der Waals surface area contributed by atoms with Crippen LogP contribution in [0.25, 0.3) is 16.6 Å². The Hall–Kier alpha value is -3.90. The lowest BCUT2D eigenvalue weighted by Crippen LogP contribution is -2.24. The van der Waals surface area contributed by atoms with Crippen molar-refractivity contribution in [2.45, 2.75) is 6.92 Å². The zero-order valence-corrected chi connectivity index (χ0v) is 18.1. The van der Waals surface area contributed by atoms with Crippen LogP contribution in [0, 0.1) is 0 Å². The normalized spacial score (nSPS) is 10.7. The second-order valence-electron chi connectivity index (χ2n) is 7.17. The minimum absolute atomic E-state index is 0.135. The zero-order chi connectivity index (χ0) is 22.8. The SMILES string of the molecule is COc1ccc(-c2cc3ccccn3c2C(=O)C(=O)Nc2cccc(C(C)=O)c2)cc1Cl. The fourth-order valence-corrected chi connectivity index (χ4v) is 3.78. The maximum absolute atomic E-state index is 13.3. The Morgan fingerprint density at radius 3 is 2.50 bits per heavy atom. The third-order valence-electron chi connectivity index (χ3n) is 5.09. The molecule has 160 valence electrons. The number of amides is 1. The van der Waals surface area contributed by atoms with E-state index >= 15 is 0 Å². The molecular formula is C25H19ClN2O4. The molecule has 7 heteroatoms. The average Bonchev–Trinajstić information content (AvgIpc) is 3.18. The smallest absolute Gasteiger partial charge is 0.298 e. The van der Waals surface area contributed by atoms with Gasteiger partial charge in [0.1, 0.15) is 11.4 Å². The second kappa shape index (κ2) is 8.69. The van der Waals surface area contributed by atoms with Gasteiger partial charge in [0.15, 0.2) is 5.78 Å². The Morgan fingerprint density at radius 2 is 1.78 bits per heavy atom. The molecule has 2 heterocycles. The summed E-state index contributed by atoms with van der Waals surface area (Å²) in [5.41, 5.74) is 3.02. The molecule has 0 aliphatic heterocycles. The summed E-state index contributed by atoms with van der Waals surface area (Å²) in [4.78, 5) is 37.8. The standard InChI is InChI=1S/C25H19ClN2O4/c1-15(29)16-6-5-7-18(12-16)27-25(31)24(30)23-20(14-19-8-3-4-11-28(19)23)17-9-10-22(32-2)21(26)13-17/h3-14H,1-2H3,(H,27,31). The summed E-state index contributed by atoms with van der Waals surface area (Å²) in [6.45, 7) is 1.44. The summed E-state index contributed by atoms with van der Waals surface area (Å²) in [6, 6.07) is 18.9. The van der Waals surface area contributed by atoms with Gasteiger partial charge in [-0.05, 0) is 55.0 Å². The van der Waals surface area contributed by atoms with Gasteiger partial charge >= 0.3 is 0 Å². The number of Topliss-reactive ketones (excluding diaryl/α,β-unsaturated/α-hetero) is 2. The van der Waals surface area contributed by atoms with E-state index in [4.69, 9.17) is 16.3 Å². The molecule has 32 heavy (non-hydrogen) atoms. The number of pyridine rings is 1. The summed E-state index contributed by atoms with van der Waals surface area (Å²) < 4.78 is 6.88. The summed E-state index contributed by atoms with van der Waals surface area (Å²) in [6.07, 6.45) is 1.72. The van der Waals surface area contributed by atoms with Crippen molar-refractivity contribution in [3.8, 4) is 16.9 Å². The van der Waals surface area contributed by atoms with E-state index in [-0.39, 0.29) is 11.5 Å². The molecule has 1 N–H and O–H groups in total. The summed E-state index contributed by atoms with van der Waals surface area (Å²) in [5.74, 6) is -1.15. The molecule has 0 saturated carbocycles. The number of carbonyl (C=O) groups is 3. The van der Waals surface area contributed by atoms with E-state index in [2.05, 4.69) is 5.32 Å². The number of hydrogen-bond acceptors (Lipinski definition) is 4. The van der Waals surface area contributed by atoms with Crippen LogP contribution in [0.1, 0.15) is 27.8 Å². The molecule has 6 nitrogen and oxygen atoms in total. The molecule has 4 aromatic rings. The number of rotatable bonds is 6. The largest absolute Gasteiger partial charge is 0.495 e. The lowest BCUT2D eigenvalue weighted by Gasteiger charge is -2.09. The quantitative estimate of drug-likeness (QED) is 0.322. The van der Waals surface area contributed by atoms with E-state index in [9.17, 15) is 14.4 Å². The van der Waals surface area contributed by atoms with Crippen molar-refractivity contribution in [1.82, 2.24) is 4.40 Å². The Balaban J connectivity index is 1.76. The van der Waals surface area contributed by atoms with Crippen molar-refractivity contribution in [2.24, 2.45) is 0 Å². The Labute approximate surface area is 189 Å². The number of methoxy groups -OCH3 is 1. The molecule has 0 unspecified atom stereocenters. The number of hydrogen-bond donors (Lipinski definition) is 1. The highest BCUT2D eigenvalue weighted by molar-refractivity contribution is 6.47. The number of ketones is 2. The molecule has 0 bridgehead atoms. The first kappa shape index (κ1) is 21.3. The van der Waals surface area contributed by atoms with E-state index in [1.807, 2.05) is 18.2 Å². The fraction of sp³-hybridized carbons (Fsp3) is 0.0800. The number of aromatic nitrogens is 1. The molecular weight excluding hydrogens is 428 g/mol. The van der Waals surface area contributed by atoms with Crippen LogP contribution >= 0.6 is 11.6 Å². The highest BCUT2D eigenvalue weighted by atomic mass is 35.5. The van der Waals surface area contributed by atoms with E-state index < -0.39 is 11.7 Å². The van der Waals surface area contributed by atoms with Crippen molar-refractivity contribution in [1.29, 1.82) is 0 Å². The highest BCUT2D eigenvalue weighted by Gasteiger charge is 2.25. The number of nitrogens with one attached hydrogen (secondary N) is 1. The van der Waals surface area contributed by atoms with Gasteiger partial charge in [0.05, 0.1) is 12.1 Å². The summed E-state index contributed by atoms with van der Waals surface area (Å²) in [5, 5.41) is 2.99. The number of ether oxygens (including phenoxy) is 1. The van der Waals surface area contributed by atoms with E-state index in [0.717, 1.165) is 5.52 Å². The van der Waals surface area contributed by atoms with E-state index in [1.54, 1.807) is 53.1 Å². The minimum Gasteiger partial charge on any atom is -0.495 e. The Morgan fingerprint density at radius 1 is 0.969 bits per heavy atom. The van der Waals surface area contributed by atoms with Crippen LogP contribution in [0.3, 0.4) is 0 Å². The molecule has 0 saturated heterocycles. The molecule has 0 radical (unpaired) electrons. The summed E-state index contributed by atoms with van der Waals surface area (Å²) >= 11 is 6.30. The second-order valence-corrected chi connectivity index (χ2v) is 7.58. The molecule has 0 atom stereocenters. The highest BCUT2D eigenvalue weighted by Crippen LogP contribution is 2.34. The number of benzene rings is 2. The number of fused-ring (bicyclic) bond motifs is 1. The monoisotopic (exact) mass is 446 g/mol. The topological polar surface area (TPSA) is 76.9 Å². The lowest BCUT2D eigenvalue weighted by molar-refractivity contribution is -0.112. The number of halogens is 1. The van der Waals surface area contributed by atoms with Crippen LogP contribution in [0.2, 0.25) is 5.02 Å². The van der Waals surface area contributed by atoms with Gasteiger partial charge < -0.3 is 14.5 Å². The lowest BCUT2D eigenvalue weighted by atomic mass is 10.0. The third-order valence-corrected chi connectivity index (χ3v) is 5.39. The fourth-order valence-electron chi connectivity index (χ4n) is 3.52. The Bertz CT molecular complexity index is 1370. The first-order valence-electron chi connectivity index (χ1n) is 9.79. The van der Waals surface area contributed by atoms with Crippen LogP contribution in [0.5, 0.6) is 5.75 Å². The Kier molecular flexibility index (Phi) is 5.79. The molecule has 0 aliphatic carbocycles. The van der Waals surface area contributed by atoms with E-state index in [0.29, 0.717) is 33.1 Å². The first-order valence-corrected chi connectivity index (χ1v) is 10.2. The van der Waals surface area contributed by atoms with Crippen LogP contribution < -0.4 is 10.1 Å². The molecule has 0 aliphatic rings. The predicted octanol–water partition coefficient (Wildman–Crippen LogP) is 5.29. The van der Waals surface area contributed by atoms with Crippen LogP contribution in [0.15, 0.2) is 72.9 Å². The first-order chi connectivity index (χ1) is 15.4. The molecule has 2 aromatic carbocycles.